The number of benzene rings is 2. The van der Waals surface area contributed by atoms with Crippen LogP contribution in [0.25, 0.3) is 10.2 Å². The number of ether oxygens (including phenoxy) is 1. The molecule has 10 heteroatoms. The summed E-state index contributed by atoms with van der Waals surface area (Å²) in [6.07, 6.45) is 0.894. The number of thiazole rings is 1. The predicted molar refractivity (Wildman–Crippen MR) is 124 cm³/mol. The van der Waals surface area contributed by atoms with Gasteiger partial charge in [-0.25, -0.2) is 17.8 Å². The molecule has 5 rings (SSSR count). The van der Waals surface area contributed by atoms with Crippen molar-refractivity contribution in [1.82, 2.24) is 9.29 Å². The van der Waals surface area contributed by atoms with Crippen molar-refractivity contribution in [2.24, 2.45) is 11.3 Å². The van der Waals surface area contributed by atoms with Gasteiger partial charge in [0.1, 0.15) is 16.5 Å². The van der Waals surface area contributed by atoms with Crippen LogP contribution in [0.4, 0.5) is 10.1 Å². The highest BCUT2D eigenvalue weighted by molar-refractivity contribution is 7.89. The second-order valence-electron chi connectivity index (χ2n) is 9.18. The van der Waals surface area contributed by atoms with Crippen molar-refractivity contribution in [1.29, 1.82) is 0 Å². The van der Waals surface area contributed by atoms with Crippen LogP contribution in [-0.2, 0) is 21.2 Å². The molecule has 1 atom stereocenters. The maximum atomic E-state index is 14.7. The minimum Gasteiger partial charge on any atom is -0.493 e. The summed E-state index contributed by atoms with van der Waals surface area (Å²) >= 11 is 1.53. The van der Waals surface area contributed by atoms with E-state index in [9.17, 15) is 17.6 Å². The fourth-order valence-electron chi connectivity index (χ4n) is 4.68. The number of carbonyl (C=O) groups excluding carboxylic acids is 1. The minimum absolute atomic E-state index is 0.117. The Balaban J connectivity index is 1.34. The lowest BCUT2D eigenvalue weighted by Gasteiger charge is -2.42. The summed E-state index contributed by atoms with van der Waals surface area (Å²) in [5, 5.41) is 2.96. The Hall–Kier alpha value is -2.56. The molecule has 1 amide bonds. The van der Waals surface area contributed by atoms with Crippen molar-refractivity contribution in [2.75, 3.05) is 25.0 Å². The van der Waals surface area contributed by atoms with Crippen LogP contribution in [0, 0.1) is 17.2 Å². The third-order valence-electron chi connectivity index (χ3n) is 6.47. The highest BCUT2D eigenvalue weighted by Crippen LogP contribution is 2.39. The van der Waals surface area contributed by atoms with Gasteiger partial charge in [0, 0.05) is 37.2 Å². The van der Waals surface area contributed by atoms with Crippen LogP contribution in [0.15, 0.2) is 40.7 Å². The molecule has 1 aromatic heterocycles. The van der Waals surface area contributed by atoms with Crippen LogP contribution in [0.2, 0.25) is 0 Å². The van der Waals surface area contributed by atoms with Gasteiger partial charge in [0.05, 0.1) is 22.3 Å². The van der Waals surface area contributed by atoms with Gasteiger partial charge in [-0.2, -0.15) is 4.31 Å². The Bertz CT molecular complexity index is 1350. The molecule has 0 spiro atoms. The van der Waals surface area contributed by atoms with E-state index in [1.807, 2.05) is 32.0 Å². The molecule has 1 N–H and O–H groups in total. The number of fused-ring (bicyclic) bond motifs is 2. The maximum absolute atomic E-state index is 14.7. The van der Waals surface area contributed by atoms with Crippen LogP contribution < -0.4 is 10.1 Å². The Labute approximate surface area is 195 Å². The molecule has 2 aliphatic heterocycles. The summed E-state index contributed by atoms with van der Waals surface area (Å²) < 4.78 is 48.9. The number of aromatic nitrogens is 1. The smallest absolute Gasteiger partial charge is 0.246 e. The van der Waals surface area contributed by atoms with Crippen molar-refractivity contribution >= 4 is 43.2 Å². The number of hydrogen-bond acceptors (Lipinski definition) is 6. The number of halogens is 1. The second kappa shape index (κ2) is 8.03. The molecule has 33 heavy (non-hydrogen) atoms. The molecule has 0 radical (unpaired) electrons. The third-order valence-corrected chi connectivity index (χ3v) is 9.14. The van der Waals surface area contributed by atoms with E-state index in [4.69, 9.17) is 4.74 Å². The second-order valence-corrected chi connectivity index (χ2v) is 12.0. The maximum Gasteiger partial charge on any atom is 0.246 e. The third kappa shape index (κ3) is 4.00. The lowest BCUT2D eigenvalue weighted by atomic mass is 9.74. The molecule has 2 aliphatic rings. The summed E-state index contributed by atoms with van der Waals surface area (Å²) in [5.74, 6) is -0.968. The van der Waals surface area contributed by atoms with E-state index in [0.717, 1.165) is 16.3 Å². The molecule has 7 nitrogen and oxygen atoms in total. The van der Waals surface area contributed by atoms with E-state index in [1.165, 1.54) is 21.7 Å². The van der Waals surface area contributed by atoms with Gasteiger partial charge in [-0.3, -0.25) is 4.79 Å². The average molecular weight is 490 g/mol. The molecule has 0 aliphatic carbocycles. The average Bonchev–Trinajstić information content (AvgIpc) is 3.40. The Morgan fingerprint density at radius 1 is 1.30 bits per heavy atom. The first-order valence-electron chi connectivity index (χ1n) is 10.7. The molecular formula is C23H24FN3O4S2. The topological polar surface area (TPSA) is 88.6 Å². The van der Waals surface area contributed by atoms with Gasteiger partial charge >= 0.3 is 0 Å². The Morgan fingerprint density at radius 2 is 2.12 bits per heavy atom. The first-order valence-corrected chi connectivity index (χ1v) is 13.1. The molecule has 1 unspecified atom stereocenters. The van der Waals surface area contributed by atoms with Crippen molar-refractivity contribution in [2.45, 2.75) is 31.6 Å². The van der Waals surface area contributed by atoms with Crippen molar-refractivity contribution in [3.63, 3.8) is 0 Å². The van der Waals surface area contributed by atoms with E-state index >= 15 is 0 Å². The van der Waals surface area contributed by atoms with Gasteiger partial charge in [0.25, 0.3) is 0 Å². The summed E-state index contributed by atoms with van der Waals surface area (Å²) in [5.41, 5.74) is 3.29. The van der Waals surface area contributed by atoms with Crippen LogP contribution in [0.1, 0.15) is 25.8 Å². The van der Waals surface area contributed by atoms with Gasteiger partial charge in [-0.05, 0) is 41.7 Å². The quantitative estimate of drug-likeness (QED) is 0.597. The monoisotopic (exact) mass is 489 g/mol. The first-order chi connectivity index (χ1) is 15.6. The number of piperidine rings is 1. The number of sulfonamides is 1. The van der Waals surface area contributed by atoms with Crippen LogP contribution >= 0.6 is 11.3 Å². The lowest BCUT2D eigenvalue weighted by molar-refractivity contribution is -0.125. The fourth-order valence-corrected chi connectivity index (χ4v) is 7.06. The zero-order valence-electron chi connectivity index (χ0n) is 18.3. The molecule has 0 saturated carbocycles. The van der Waals surface area contributed by atoms with Crippen molar-refractivity contribution < 1.29 is 22.3 Å². The number of nitrogens with one attached hydrogen (secondary N) is 1. The zero-order chi connectivity index (χ0) is 23.4. The number of rotatable bonds is 4. The summed E-state index contributed by atoms with van der Waals surface area (Å²) in [6.45, 7) is 4.42. The fraction of sp³-hybridized carbons (Fsp3) is 0.391. The summed E-state index contributed by atoms with van der Waals surface area (Å²) in [7, 11) is -4.05. The lowest BCUT2D eigenvalue weighted by Crippen LogP contribution is -2.51. The SMILES string of the molecule is CC1(C)CN(S(=O)(=O)c2cc3c(cc2F)OCC3)CCC1C(=O)Nc1ccc2scnc2c1. The van der Waals surface area contributed by atoms with Crippen LogP contribution in [-0.4, -0.2) is 43.3 Å². The van der Waals surface area contributed by atoms with E-state index < -0.39 is 27.2 Å². The highest BCUT2D eigenvalue weighted by Gasteiger charge is 2.44. The standard InChI is InChI=1S/C23H24FN3O4S2/c1-23(2)12-27(33(29,30)21-9-14-6-8-31-19(14)11-17(21)24)7-5-16(23)22(28)26-15-3-4-20-18(10-15)25-13-32-20/h3-4,9-11,13,16H,5-8,12H2,1-2H3,(H,26,28). The van der Waals surface area contributed by atoms with Crippen LogP contribution in [0.3, 0.4) is 0 Å². The van der Waals surface area contributed by atoms with Gasteiger partial charge in [-0.15, -0.1) is 11.3 Å². The molecule has 2 aromatic carbocycles. The molecule has 0 bridgehead atoms. The molecular weight excluding hydrogens is 465 g/mol. The number of amides is 1. The van der Waals surface area contributed by atoms with Gasteiger partial charge in [0.15, 0.2) is 0 Å². The highest BCUT2D eigenvalue weighted by atomic mass is 32.2. The number of nitrogens with zero attached hydrogens (tertiary/aromatic N) is 2. The van der Waals surface area contributed by atoms with Gasteiger partial charge < -0.3 is 10.1 Å². The molecule has 3 heterocycles. The molecule has 3 aromatic rings. The Kier molecular flexibility index (Phi) is 5.42. The largest absolute Gasteiger partial charge is 0.493 e. The number of anilines is 1. The van der Waals surface area contributed by atoms with Crippen molar-refractivity contribution in [3.8, 4) is 5.75 Å². The van der Waals surface area contributed by atoms with E-state index in [0.29, 0.717) is 36.4 Å². The normalized spacial score (nSPS) is 20.4. The van der Waals surface area contributed by atoms with E-state index in [2.05, 4.69) is 10.3 Å². The predicted octanol–water partition coefficient (Wildman–Crippen LogP) is 4.05. The number of carbonyl (C=O) groups is 1. The first kappa shape index (κ1) is 22.2. The molecule has 174 valence electrons. The van der Waals surface area contributed by atoms with Gasteiger partial charge in [-0.1, -0.05) is 13.8 Å². The van der Waals surface area contributed by atoms with E-state index in [-0.39, 0.29) is 23.9 Å². The molecule has 1 saturated heterocycles. The van der Waals surface area contributed by atoms with Crippen molar-refractivity contribution in [3.05, 3.63) is 47.2 Å². The number of hydrogen-bond donors (Lipinski definition) is 1. The van der Waals surface area contributed by atoms with Crippen LogP contribution in [0.5, 0.6) is 5.75 Å². The Morgan fingerprint density at radius 3 is 2.91 bits per heavy atom. The van der Waals surface area contributed by atoms with E-state index in [1.54, 1.807) is 5.51 Å². The summed E-state index contributed by atoms with van der Waals surface area (Å²) in [4.78, 5) is 17.0. The van der Waals surface area contributed by atoms with Gasteiger partial charge in [0.2, 0.25) is 15.9 Å². The molecule has 1 fully saturated rings. The summed E-state index contributed by atoms with van der Waals surface area (Å²) in [6, 6.07) is 8.12. The minimum atomic E-state index is -4.05. The zero-order valence-corrected chi connectivity index (χ0v) is 19.9.